The Morgan fingerprint density at radius 3 is 2.73 bits per heavy atom. The molecule has 0 unspecified atom stereocenters. The molecule has 0 aliphatic carbocycles. The Balaban J connectivity index is 2.53. The molecule has 15 heavy (non-hydrogen) atoms. The van der Waals surface area contributed by atoms with Crippen molar-refractivity contribution < 1.29 is 17.9 Å². The van der Waals surface area contributed by atoms with Crippen LogP contribution in [-0.2, 0) is 15.6 Å². The number of hydrogen-bond acceptors (Lipinski definition) is 4. The molecule has 80 valence electrons. The summed E-state index contributed by atoms with van der Waals surface area (Å²) in [5.74, 6) is 0.284. The molecule has 0 atom stereocenters. The van der Waals surface area contributed by atoms with Gasteiger partial charge in [-0.3, -0.25) is 0 Å². The molecule has 0 saturated carbocycles. The average molecular weight is 226 g/mol. The van der Waals surface area contributed by atoms with Crippen molar-refractivity contribution in [2.75, 3.05) is 6.26 Å². The lowest BCUT2D eigenvalue weighted by atomic mass is 10.2. The lowest BCUT2D eigenvalue weighted by Crippen LogP contribution is -1.98. The fraction of sp³-hybridized carbons (Fsp3) is 0.200. The van der Waals surface area contributed by atoms with Crippen molar-refractivity contribution in [2.45, 2.75) is 5.75 Å². The maximum absolute atomic E-state index is 11.0. The Bertz CT molecular complexity index is 595. The molecule has 0 fully saturated rings. The van der Waals surface area contributed by atoms with Crippen LogP contribution in [0.25, 0.3) is 11.0 Å². The third kappa shape index (κ3) is 2.12. The number of phenolic OH excluding ortho intramolecular Hbond substituents is 1. The van der Waals surface area contributed by atoms with Gasteiger partial charge in [0, 0.05) is 6.26 Å². The van der Waals surface area contributed by atoms with Crippen LogP contribution in [0.5, 0.6) is 5.75 Å². The fourth-order valence-corrected chi connectivity index (χ4v) is 2.09. The number of furan rings is 1. The molecule has 2 aromatic rings. The van der Waals surface area contributed by atoms with Gasteiger partial charge in [0.25, 0.3) is 0 Å². The molecule has 0 saturated heterocycles. The third-order valence-corrected chi connectivity index (χ3v) is 2.80. The van der Waals surface area contributed by atoms with Gasteiger partial charge in [-0.25, -0.2) is 8.42 Å². The van der Waals surface area contributed by atoms with Crippen molar-refractivity contribution in [1.29, 1.82) is 0 Å². The highest BCUT2D eigenvalue weighted by Gasteiger charge is 2.11. The molecule has 0 radical (unpaired) electrons. The second-order valence-electron chi connectivity index (χ2n) is 3.47. The molecule has 0 aliphatic rings. The predicted octanol–water partition coefficient (Wildman–Crippen LogP) is 1.68. The zero-order valence-corrected chi connectivity index (χ0v) is 8.91. The van der Waals surface area contributed by atoms with Gasteiger partial charge >= 0.3 is 0 Å². The van der Waals surface area contributed by atoms with E-state index in [1.54, 1.807) is 18.2 Å². The highest BCUT2D eigenvalue weighted by molar-refractivity contribution is 7.89. The van der Waals surface area contributed by atoms with Crippen molar-refractivity contribution in [3.05, 3.63) is 30.0 Å². The molecular formula is C10H10O4S. The first kappa shape index (κ1) is 10.0. The summed E-state index contributed by atoms with van der Waals surface area (Å²) in [6.07, 6.45) is 1.14. The summed E-state index contributed by atoms with van der Waals surface area (Å²) >= 11 is 0. The summed E-state index contributed by atoms with van der Waals surface area (Å²) in [5, 5.41) is 10.0. The number of sulfone groups is 1. The highest BCUT2D eigenvalue weighted by Crippen LogP contribution is 2.28. The Labute approximate surface area is 87.1 Å². The van der Waals surface area contributed by atoms with E-state index in [0.717, 1.165) is 6.26 Å². The van der Waals surface area contributed by atoms with Gasteiger partial charge in [0.05, 0.1) is 5.39 Å². The summed E-state index contributed by atoms with van der Waals surface area (Å²) < 4.78 is 27.4. The summed E-state index contributed by atoms with van der Waals surface area (Å²) in [6, 6.07) is 6.40. The molecule has 5 heteroatoms. The molecule has 2 rings (SSSR count). The molecule has 1 N–H and O–H groups in total. The van der Waals surface area contributed by atoms with Gasteiger partial charge in [-0.15, -0.1) is 0 Å². The van der Waals surface area contributed by atoms with Crippen LogP contribution in [0.15, 0.2) is 28.7 Å². The Kier molecular flexibility index (Phi) is 2.19. The normalized spacial score (nSPS) is 12.1. The zero-order valence-electron chi connectivity index (χ0n) is 8.10. The molecule has 1 aromatic heterocycles. The minimum atomic E-state index is -3.11. The van der Waals surface area contributed by atoms with Crippen molar-refractivity contribution in [3.63, 3.8) is 0 Å². The van der Waals surface area contributed by atoms with Gasteiger partial charge in [0.15, 0.2) is 9.84 Å². The highest BCUT2D eigenvalue weighted by atomic mass is 32.2. The van der Waals surface area contributed by atoms with Crippen molar-refractivity contribution in [3.8, 4) is 5.75 Å². The third-order valence-electron chi connectivity index (χ3n) is 1.99. The molecular weight excluding hydrogens is 216 g/mol. The van der Waals surface area contributed by atoms with E-state index in [2.05, 4.69) is 0 Å². The smallest absolute Gasteiger partial charge is 0.154 e. The van der Waals surface area contributed by atoms with E-state index < -0.39 is 9.84 Å². The largest absolute Gasteiger partial charge is 0.507 e. The van der Waals surface area contributed by atoms with Gasteiger partial charge in [0.2, 0.25) is 0 Å². The second kappa shape index (κ2) is 3.27. The molecule has 0 bridgehead atoms. The molecule has 4 nitrogen and oxygen atoms in total. The van der Waals surface area contributed by atoms with E-state index in [1.165, 1.54) is 6.07 Å². The van der Waals surface area contributed by atoms with Crippen LogP contribution in [0.2, 0.25) is 0 Å². The summed E-state index contributed by atoms with van der Waals surface area (Å²) in [7, 11) is -3.11. The van der Waals surface area contributed by atoms with E-state index in [-0.39, 0.29) is 11.5 Å². The van der Waals surface area contributed by atoms with Crippen LogP contribution < -0.4 is 0 Å². The van der Waals surface area contributed by atoms with E-state index in [1.807, 2.05) is 0 Å². The van der Waals surface area contributed by atoms with Gasteiger partial charge in [-0.05, 0) is 18.2 Å². The number of benzene rings is 1. The van der Waals surface area contributed by atoms with Gasteiger partial charge in [0.1, 0.15) is 22.8 Å². The number of aromatic hydroxyl groups is 1. The average Bonchev–Trinajstić information content (AvgIpc) is 2.45. The Hall–Kier alpha value is -1.49. The van der Waals surface area contributed by atoms with E-state index in [4.69, 9.17) is 4.42 Å². The maximum Gasteiger partial charge on any atom is 0.154 e. The molecule has 1 aromatic carbocycles. The number of rotatable bonds is 2. The first-order valence-electron chi connectivity index (χ1n) is 4.34. The van der Waals surface area contributed by atoms with Crippen molar-refractivity contribution >= 4 is 20.8 Å². The van der Waals surface area contributed by atoms with Crippen LogP contribution in [0.3, 0.4) is 0 Å². The lowest BCUT2D eigenvalue weighted by Gasteiger charge is -1.91. The van der Waals surface area contributed by atoms with Crippen LogP contribution in [0.4, 0.5) is 0 Å². The Morgan fingerprint density at radius 2 is 2.13 bits per heavy atom. The van der Waals surface area contributed by atoms with Crippen LogP contribution >= 0.6 is 0 Å². The van der Waals surface area contributed by atoms with Crippen LogP contribution in [0.1, 0.15) is 5.76 Å². The maximum atomic E-state index is 11.0. The second-order valence-corrected chi connectivity index (χ2v) is 5.61. The number of fused-ring (bicyclic) bond motifs is 1. The first-order chi connectivity index (χ1) is 6.96. The van der Waals surface area contributed by atoms with Crippen LogP contribution in [-0.4, -0.2) is 19.8 Å². The lowest BCUT2D eigenvalue weighted by molar-refractivity contribution is 0.481. The van der Waals surface area contributed by atoms with Crippen molar-refractivity contribution in [1.82, 2.24) is 0 Å². The SMILES string of the molecule is CS(=O)(=O)Cc1cc2c(O)cccc2o1. The molecule has 0 spiro atoms. The summed E-state index contributed by atoms with van der Waals surface area (Å²) in [5.41, 5.74) is 0.494. The van der Waals surface area contributed by atoms with Gasteiger partial charge < -0.3 is 9.52 Å². The number of hydrogen-bond donors (Lipinski definition) is 1. The molecule has 0 aliphatic heterocycles. The number of phenols is 1. The standard InChI is InChI=1S/C10H10O4S/c1-15(12,13)6-7-5-8-9(11)3-2-4-10(8)14-7/h2-5,11H,6H2,1H3. The zero-order chi connectivity index (χ0) is 11.1. The first-order valence-corrected chi connectivity index (χ1v) is 6.40. The topological polar surface area (TPSA) is 67.5 Å². The van der Waals surface area contributed by atoms with Gasteiger partial charge in [-0.2, -0.15) is 0 Å². The van der Waals surface area contributed by atoms with E-state index >= 15 is 0 Å². The minimum absolute atomic E-state index is 0.0935. The molecule has 1 heterocycles. The Morgan fingerprint density at radius 1 is 1.40 bits per heavy atom. The monoisotopic (exact) mass is 226 g/mol. The van der Waals surface area contributed by atoms with Crippen LogP contribution in [0, 0.1) is 0 Å². The summed E-state index contributed by atoms with van der Waals surface area (Å²) in [6.45, 7) is 0. The fourth-order valence-electron chi connectivity index (χ4n) is 1.43. The van der Waals surface area contributed by atoms with Gasteiger partial charge in [-0.1, -0.05) is 6.07 Å². The van der Waals surface area contributed by atoms with Crippen molar-refractivity contribution in [2.24, 2.45) is 0 Å². The molecule has 0 amide bonds. The minimum Gasteiger partial charge on any atom is -0.507 e. The van der Waals surface area contributed by atoms with E-state index in [0.29, 0.717) is 16.7 Å². The predicted molar refractivity (Wildman–Crippen MR) is 56.4 cm³/mol. The summed E-state index contributed by atoms with van der Waals surface area (Å²) in [4.78, 5) is 0. The van der Waals surface area contributed by atoms with E-state index in [9.17, 15) is 13.5 Å². The quantitative estimate of drug-likeness (QED) is 0.846.